The number of methoxy groups -OCH3 is 1. The minimum Gasteiger partial charge on any atom is -0.496 e. The van der Waals surface area contributed by atoms with Crippen molar-refractivity contribution in [1.82, 2.24) is 9.38 Å². The van der Waals surface area contributed by atoms with Crippen LogP contribution in [0.3, 0.4) is 0 Å². The second kappa shape index (κ2) is 5.10. The summed E-state index contributed by atoms with van der Waals surface area (Å²) in [5.41, 5.74) is 2.27. The first-order chi connectivity index (χ1) is 10.1. The fraction of sp³-hybridized carbons (Fsp3) is 0.0667. The van der Waals surface area contributed by atoms with Gasteiger partial charge in [0.15, 0.2) is 0 Å². The van der Waals surface area contributed by atoms with Crippen LogP contribution in [0, 0.1) is 0 Å². The normalized spacial score (nSPS) is 10.8. The predicted octanol–water partition coefficient (Wildman–Crippen LogP) is 3.36. The number of carboxylic acids is 1. The second-order valence-electron chi connectivity index (χ2n) is 4.46. The summed E-state index contributed by atoms with van der Waals surface area (Å²) >= 11 is 6.02. The highest BCUT2D eigenvalue weighted by Crippen LogP contribution is 2.32. The zero-order valence-corrected chi connectivity index (χ0v) is 11.8. The minimum absolute atomic E-state index is 0.199. The third kappa shape index (κ3) is 2.43. The van der Waals surface area contributed by atoms with Crippen molar-refractivity contribution >= 4 is 23.2 Å². The Labute approximate surface area is 125 Å². The lowest BCUT2D eigenvalue weighted by Gasteiger charge is -2.05. The van der Waals surface area contributed by atoms with Gasteiger partial charge in [0.1, 0.15) is 11.4 Å². The van der Waals surface area contributed by atoms with Gasteiger partial charge in [-0.3, -0.25) is 0 Å². The highest BCUT2D eigenvalue weighted by Gasteiger charge is 2.12. The van der Waals surface area contributed by atoms with Crippen LogP contribution < -0.4 is 4.74 Å². The maximum absolute atomic E-state index is 11.0. The standard InChI is InChI=1S/C15H11ClN2O3/c1-21-13-4-3-10(16)6-11(13)12-8-18-7-9(15(19)20)2-5-14(18)17-12/h2-8H,1H3,(H,19,20). The molecule has 0 amide bonds. The predicted molar refractivity (Wildman–Crippen MR) is 79.1 cm³/mol. The fourth-order valence-corrected chi connectivity index (χ4v) is 2.30. The van der Waals surface area contributed by atoms with Crippen molar-refractivity contribution < 1.29 is 14.6 Å². The van der Waals surface area contributed by atoms with Crippen LogP contribution in [0.4, 0.5) is 0 Å². The number of carboxylic acid groups (broad SMARTS) is 1. The molecule has 0 bridgehead atoms. The Bertz CT molecular complexity index is 842. The van der Waals surface area contributed by atoms with E-state index in [0.717, 1.165) is 5.56 Å². The molecular weight excluding hydrogens is 292 g/mol. The molecule has 3 rings (SSSR count). The molecule has 106 valence electrons. The molecule has 0 saturated heterocycles. The van der Waals surface area contributed by atoms with Crippen LogP contribution in [-0.2, 0) is 0 Å². The van der Waals surface area contributed by atoms with Gasteiger partial charge in [-0.05, 0) is 30.3 Å². The summed E-state index contributed by atoms with van der Waals surface area (Å²) in [5.74, 6) is -0.325. The molecular formula is C15H11ClN2O3. The molecule has 0 unspecified atom stereocenters. The topological polar surface area (TPSA) is 63.8 Å². The molecule has 0 aliphatic rings. The van der Waals surface area contributed by atoms with Gasteiger partial charge in [-0.1, -0.05) is 11.6 Å². The molecule has 5 nitrogen and oxygen atoms in total. The fourth-order valence-electron chi connectivity index (χ4n) is 2.13. The number of rotatable bonds is 3. The van der Waals surface area contributed by atoms with Crippen LogP contribution >= 0.6 is 11.6 Å². The van der Waals surface area contributed by atoms with E-state index >= 15 is 0 Å². The highest BCUT2D eigenvalue weighted by molar-refractivity contribution is 6.30. The lowest BCUT2D eigenvalue weighted by atomic mass is 10.1. The Morgan fingerprint density at radius 1 is 1.29 bits per heavy atom. The zero-order valence-electron chi connectivity index (χ0n) is 11.1. The number of hydrogen-bond donors (Lipinski definition) is 1. The first kappa shape index (κ1) is 13.5. The van der Waals surface area contributed by atoms with E-state index in [0.29, 0.717) is 22.1 Å². The summed E-state index contributed by atoms with van der Waals surface area (Å²) in [6.45, 7) is 0. The van der Waals surface area contributed by atoms with E-state index in [1.54, 1.807) is 42.0 Å². The summed E-state index contributed by atoms with van der Waals surface area (Å²) in [6.07, 6.45) is 3.27. The van der Waals surface area contributed by atoms with E-state index < -0.39 is 5.97 Å². The molecule has 0 aliphatic heterocycles. The van der Waals surface area contributed by atoms with Crippen LogP contribution in [0.25, 0.3) is 16.9 Å². The molecule has 0 atom stereocenters. The monoisotopic (exact) mass is 302 g/mol. The third-order valence-electron chi connectivity index (χ3n) is 3.14. The molecule has 3 aromatic rings. The Morgan fingerprint density at radius 3 is 2.81 bits per heavy atom. The largest absolute Gasteiger partial charge is 0.496 e. The number of halogens is 1. The molecule has 0 spiro atoms. The zero-order chi connectivity index (χ0) is 15.0. The smallest absolute Gasteiger partial charge is 0.337 e. The number of benzene rings is 1. The van der Waals surface area contributed by atoms with Crippen molar-refractivity contribution in [3.05, 3.63) is 53.3 Å². The molecule has 1 N–H and O–H groups in total. The molecule has 0 fully saturated rings. The lowest BCUT2D eigenvalue weighted by Crippen LogP contribution is -1.97. The molecule has 6 heteroatoms. The van der Waals surface area contributed by atoms with Crippen LogP contribution in [0.1, 0.15) is 10.4 Å². The van der Waals surface area contributed by atoms with E-state index in [1.165, 1.54) is 12.3 Å². The van der Waals surface area contributed by atoms with Gasteiger partial charge < -0.3 is 14.2 Å². The van der Waals surface area contributed by atoms with E-state index in [-0.39, 0.29) is 5.56 Å². The Hall–Kier alpha value is -2.53. The Kier molecular flexibility index (Phi) is 3.27. The third-order valence-corrected chi connectivity index (χ3v) is 3.37. The maximum atomic E-state index is 11.0. The van der Waals surface area contributed by atoms with Gasteiger partial charge >= 0.3 is 5.97 Å². The summed E-state index contributed by atoms with van der Waals surface area (Å²) in [4.78, 5) is 15.5. The highest BCUT2D eigenvalue weighted by atomic mass is 35.5. The van der Waals surface area contributed by atoms with Gasteiger partial charge in [-0.15, -0.1) is 0 Å². The number of aromatic carboxylic acids is 1. The van der Waals surface area contributed by atoms with Crippen LogP contribution in [0.15, 0.2) is 42.7 Å². The van der Waals surface area contributed by atoms with Gasteiger partial charge in [0.25, 0.3) is 0 Å². The van der Waals surface area contributed by atoms with Crippen molar-refractivity contribution in [2.75, 3.05) is 7.11 Å². The molecule has 0 saturated carbocycles. The lowest BCUT2D eigenvalue weighted by molar-refractivity contribution is 0.0696. The van der Waals surface area contributed by atoms with Crippen LogP contribution in [-0.4, -0.2) is 27.6 Å². The van der Waals surface area contributed by atoms with Gasteiger partial charge in [0.2, 0.25) is 0 Å². The van der Waals surface area contributed by atoms with Gasteiger partial charge in [-0.2, -0.15) is 0 Å². The van der Waals surface area contributed by atoms with E-state index in [4.69, 9.17) is 21.4 Å². The SMILES string of the molecule is COc1ccc(Cl)cc1-c1cn2cc(C(=O)O)ccc2n1. The number of imidazole rings is 1. The minimum atomic E-state index is -0.979. The first-order valence-corrected chi connectivity index (χ1v) is 6.52. The molecule has 1 aromatic carbocycles. The molecule has 2 heterocycles. The van der Waals surface area contributed by atoms with Crippen molar-refractivity contribution in [3.8, 4) is 17.0 Å². The van der Waals surface area contributed by atoms with E-state index in [9.17, 15) is 4.79 Å². The summed E-state index contributed by atoms with van der Waals surface area (Å²) in [6, 6.07) is 8.44. The summed E-state index contributed by atoms with van der Waals surface area (Å²) < 4.78 is 6.98. The van der Waals surface area contributed by atoms with E-state index in [1.807, 2.05) is 0 Å². The number of nitrogens with zero attached hydrogens (tertiary/aromatic N) is 2. The molecule has 0 aliphatic carbocycles. The van der Waals surface area contributed by atoms with Crippen LogP contribution in [0.5, 0.6) is 5.75 Å². The summed E-state index contributed by atoms with van der Waals surface area (Å²) in [5, 5.41) is 9.59. The number of pyridine rings is 1. The maximum Gasteiger partial charge on any atom is 0.337 e. The number of fused-ring (bicyclic) bond motifs is 1. The van der Waals surface area contributed by atoms with Crippen LogP contribution in [0.2, 0.25) is 5.02 Å². The van der Waals surface area contributed by atoms with Crippen molar-refractivity contribution in [2.24, 2.45) is 0 Å². The van der Waals surface area contributed by atoms with Gasteiger partial charge in [0, 0.05) is 23.0 Å². The second-order valence-corrected chi connectivity index (χ2v) is 4.90. The van der Waals surface area contributed by atoms with Gasteiger partial charge in [0.05, 0.1) is 18.4 Å². The number of aromatic nitrogens is 2. The number of carbonyl (C=O) groups is 1. The Balaban J connectivity index is 2.17. The molecule has 21 heavy (non-hydrogen) atoms. The number of ether oxygens (including phenoxy) is 1. The first-order valence-electron chi connectivity index (χ1n) is 6.14. The Morgan fingerprint density at radius 2 is 2.10 bits per heavy atom. The quantitative estimate of drug-likeness (QED) is 0.805. The van der Waals surface area contributed by atoms with Crippen molar-refractivity contribution in [2.45, 2.75) is 0 Å². The van der Waals surface area contributed by atoms with Crippen molar-refractivity contribution in [3.63, 3.8) is 0 Å². The average Bonchev–Trinajstić information content (AvgIpc) is 2.89. The average molecular weight is 303 g/mol. The van der Waals surface area contributed by atoms with Gasteiger partial charge in [-0.25, -0.2) is 9.78 Å². The van der Waals surface area contributed by atoms with E-state index in [2.05, 4.69) is 4.98 Å². The molecule has 0 radical (unpaired) electrons. The number of hydrogen-bond acceptors (Lipinski definition) is 3. The summed E-state index contributed by atoms with van der Waals surface area (Å²) in [7, 11) is 1.57. The van der Waals surface area contributed by atoms with Crippen molar-refractivity contribution in [1.29, 1.82) is 0 Å². The molecule has 2 aromatic heterocycles.